The monoisotopic (exact) mass is 914 g/mol. The number of carbonyl (C=O) groups is 4. The molecule has 21 nitrogen and oxygen atoms in total. The lowest BCUT2D eigenvalue weighted by atomic mass is 9.73. The molecule has 1 saturated heterocycles. The number of imide groups is 1. The number of carbonyl (C=O) groups excluding carboxylic acids is 4. The van der Waals surface area contributed by atoms with Crippen molar-refractivity contribution in [1.29, 1.82) is 0 Å². The molecule has 0 bridgehead atoms. The van der Waals surface area contributed by atoms with Gasteiger partial charge in [-0.1, -0.05) is 19.1 Å². The molecule has 2 aromatic carbocycles. The molecule has 21 heteroatoms. The SMILES string of the molecule is CCc1c(OC)cc(O[C@@H]2O[C@](O)(CO)[C@](O)(C[C@H](CN3C(=O)C=CC3=O)C3=CCNC(N)=C3)[C@H](O)[C@H]2O)c2c1C(=O)c1cc(CCC3=CNC(N)C=C3)c(CNC(N)=NC)c(O)c1C2=O. The summed E-state index contributed by atoms with van der Waals surface area (Å²) in [5.74, 6) is -7.76. The number of aliphatic imine (C=N–C) groups is 1. The minimum Gasteiger partial charge on any atom is -0.507 e. The van der Waals surface area contributed by atoms with Crippen molar-refractivity contribution in [3.8, 4) is 17.2 Å². The highest BCUT2D eigenvalue weighted by Crippen LogP contribution is 2.47. The zero-order chi connectivity index (χ0) is 47.8. The lowest BCUT2D eigenvalue weighted by Crippen LogP contribution is -2.75. The van der Waals surface area contributed by atoms with E-state index in [-0.39, 0.29) is 77.6 Å². The number of nitrogens with one attached hydrogen (secondary N) is 3. The Labute approximate surface area is 378 Å². The third kappa shape index (κ3) is 8.52. The zero-order valence-corrected chi connectivity index (χ0v) is 36.4. The van der Waals surface area contributed by atoms with E-state index in [1.54, 1.807) is 25.3 Å². The lowest BCUT2D eigenvalue weighted by molar-refractivity contribution is -0.420. The van der Waals surface area contributed by atoms with Crippen molar-refractivity contribution in [2.45, 2.75) is 75.2 Å². The summed E-state index contributed by atoms with van der Waals surface area (Å²) >= 11 is 0. The van der Waals surface area contributed by atoms with E-state index in [0.717, 1.165) is 22.6 Å². The first-order valence-electron chi connectivity index (χ1n) is 21.2. The number of nitrogens with two attached hydrogens (primary N) is 3. The number of aliphatic hydroxyl groups excluding tert-OH is 3. The summed E-state index contributed by atoms with van der Waals surface area (Å²) in [6.07, 6.45) is 3.65. The van der Waals surface area contributed by atoms with Crippen molar-refractivity contribution in [3.63, 3.8) is 0 Å². The number of aromatic hydroxyl groups is 1. The molecular formula is C45H54N8O13. The van der Waals surface area contributed by atoms with Crippen LogP contribution >= 0.6 is 0 Å². The Hall–Kier alpha value is -6.59. The van der Waals surface area contributed by atoms with Gasteiger partial charge in [0.1, 0.15) is 41.7 Å². The molecule has 352 valence electrons. The number of benzene rings is 2. The number of phenolic OH excluding ortho intramolecular Hbond substituents is 1. The number of guanidine groups is 1. The highest BCUT2D eigenvalue weighted by molar-refractivity contribution is 6.31. The van der Waals surface area contributed by atoms with Gasteiger partial charge in [-0.2, -0.15) is 0 Å². The van der Waals surface area contributed by atoms with Gasteiger partial charge in [-0.15, -0.1) is 0 Å². The van der Waals surface area contributed by atoms with Gasteiger partial charge >= 0.3 is 0 Å². The van der Waals surface area contributed by atoms with Crippen LogP contribution in [0, 0.1) is 5.92 Å². The molecule has 2 aromatic rings. The van der Waals surface area contributed by atoms with Gasteiger partial charge < -0.3 is 78.0 Å². The lowest BCUT2D eigenvalue weighted by Gasteiger charge is -2.53. The molecule has 4 heterocycles. The molecule has 1 unspecified atom stereocenters. The number of ketones is 2. The van der Waals surface area contributed by atoms with Crippen LogP contribution in [0.15, 0.2) is 76.7 Å². The van der Waals surface area contributed by atoms with Crippen LogP contribution in [-0.4, -0.2) is 135 Å². The maximum atomic E-state index is 14.9. The third-order valence-corrected chi connectivity index (χ3v) is 12.5. The molecule has 1 fully saturated rings. The zero-order valence-electron chi connectivity index (χ0n) is 36.4. The Bertz CT molecular complexity index is 2520. The molecular weight excluding hydrogens is 861 g/mol. The first-order valence-corrected chi connectivity index (χ1v) is 21.2. The van der Waals surface area contributed by atoms with Gasteiger partial charge in [-0.25, -0.2) is 0 Å². The van der Waals surface area contributed by atoms with Crippen LogP contribution in [-0.2, 0) is 33.7 Å². The summed E-state index contributed by atoms with van der Waals surface area (Å²) in [4.78, 5) is 59.8. The van der Waals surface area contributed by atoms with Gasteiger partial charge in [0.25, 0.3) is 11.8 Å². The number of phenols is 1. The van der Waals surface area contributed by atoms with E-state index < -0.39 is 83.7 Å². The van der Waals surface area contributed by atoms with Crippen molar-refractivity contribution in [3.05, 3.63) is 111 Å². The maximum Gasteiger partial charge on any atom is 0.253 e. The Morgan fingerprint density at radius 3 is 2.39 bits per heavy atom. The van der Waals surface area contributed by atoms with Crippen LogP contribution in [0.25, 0.3) is 0 Å². The number of fused-ring (bicyclic) bond motifs is 2. The van der Waals surface area contributed by atoms with Crippen molar-refractivity contribution >= 4 is 29.3 Å². The molecule has 0 aromatic heterocycles. The van der Waals surface area contributed by atoms with Crippen LogP contribution in [0.4, 0.5) is 0 Å². The number of amides is 2. The highest BCUT2D eigenvalue weighted by atomic mass is 16.8. The summed E-state index contributed by atoms with van der Waals surface area (Å²) in [7, 11) is 2.77. The third-order valence-electron chi connectivity index (χ3n) is 12.5. The summed E-state index contributed by atoms with van der Waals surface area (Å²) < 4.78 is 17.5. The summed E-state index contributed by atoms with van der Waals surface area (Å²) in [5, 5.41) is 79.1. The quantitative estimate of drug-likeness (QED) is 0.0453. The van der Waals surface area contributed by atoms with Crippen LogP contribution in [0.1, 0.15) is 68.3 Å². The number of hydrogen-bond donors (Lipinski definition) is 12. The smallest absolute Gasteiger partial charge is 0.253 e. The van der Waals surface area contributed by atoms with Crippen molar-refractivity contribution in [2.75, 3.05) is 33.9 Å². The molecule has 0 saturated carbocycles. The fourth-order valence-electron chi connectivity index (χ4n) is 8.91. The molecule has 7 rings (SSSR count). The second-order valence-corrected chi connectivity index (χ2v) is 16.4. The summed E-state index contributed by atoms with van der Waals surface area (Å²) in [6, 6.07) is 2.78. The Kier molecular flexibility index (Phi) is 13.4. The van der Waals surface area contributed by atoms with Crippen LogP contribution < -0.4 is 42.6 Å². The number of methoxy groups -OCH3 is 1. The fourth-order valence-corrected chi connectivity index (χ4v) is 8.91. The van der Waals surface area contributed by atoms with Gasteiger partial charge in [0.2, 0.25) is 17.9 Å². The van der Waals surface area contributed by atoms with Crippen LogP contribution in [0.5, 0.6) is 17.2 Å². The van der Waals surface area contributed by atoms with Gasteiger partial charge in [0.15, 0.2) is 11.7 Å². The van der Waals surface area contributed by atoms with E-state index in [0.29, 0.717) is 29.5 Å². The van der Waals surface area contributed by atoms with Gasteiger partial charge in [0.05, 0.1) is 30.2 Å². The van der Waals surface area contributed by atoms with Gasteiger partial charge in [-0.3, -0.25) is 29.1 Å². The number of allylic oxidation sites excluding steroid dienone is 3. The van der Waals surface area contributed by atoms with E-state index in [1.807, 2.05) is 6.08 Å². The molecule has 4 aliphatic heterocycles. The average Bonchev–Trinajstić information content (AvgIpc) is 3.62. The van der Waals surface area contributed by atoms with E-state index in [9.17, 15) is 49.8 Å². The number of aliphatic hydroxyl groups is 5. The van der Waals surface area contributed by atoms with Crippen LogP contribution in [0.3, 0.4) is 0 Å². The Morgan fingerprint density at radius 2 is 1.77 bits per heavy atom. The van der Waals surface area contributed by atoms with Crippen LogP contribution in [0.2, 0.25) is 0 Å². The highest BCUT2D eigenvalue weighted by Gasteiger charge is 2.65. The first kappa shape index (κ1) is 47.4. The molecule has 2 amide bonds. The van der Waals surface area contributed by atoms with E-state index in [1.165, 1.54) is 32.4 Å². The second-order valence-electron chi connectivity index (χ2n) is 16.4. The Balaban J connectivity index is 1.26. The molecule has 66 heavy (non-hydrogen) atoms. The number of nitrogens with zero attached hydrogens (tertiary/aromatic N) is 2. The topological polar surface area (TPSA) is 347 Å². The number of hydrogen-bond acceptors (Lipinski definition) is 18. The van der Waals surface area contributed by atoms with Crippen molar-refractivity contribution in [2.24, 2.45) is 28.1 Å². The molecule has 15 N–H and O–H groups in total. The van der Waals surface area contributed by atoms with E-state index in [4.69, 9.17) is 31.4 Å². The van der Waals surface area contributed by atoms with Gasteiger partial charge in [-0.05, 0) is 60.6 Å². The number of rotatable bonds is 15. The summed E-state index contributed by atoms with van der Waals surface area (Å²) in [5.41, 5.74) is 16.2. The molecule has 1 aliphatic carbocycles. The standard InChI is InChI=1S/C45H54N8O13/c1-4-25-28(64-3)15-29(36-34(25)37(57)26-13-23(7-5-21-6-8-30(46)51-17-21)27(18-52-43(48)49-2)38(58)35(26)39(36)59)65-42-40(60)41(61)44(62,45(63,20-54)66-42)16-24(22-11-12-50-31(47)14-22)19-53-32(55)9-10-33(53)56/h6,8-11,13-15,17,24,30,40-42,50-51,54,58,60-63H,4-5,7,12,16,18-20,46-47H2,1-3H3,(H3,48,49,52)/t24-,30?,40-,41-,42-,44+,45-/m1/s1. The minimum absolute atomic E-state index is 0.0368. The predicted octanol–water partition coefficient (Wildman–Crippen LogP) is -1.84. The minimum atomic E-state index is -3.14. The van der Waals surface area contributed by atoms with E-state index in [2.05, 4.69) is 20.9 Å². The number of dihydropyridines is 2. The molecule has 0 spiro atoms. The van der Waals surface area contributed by atoms with Crippen molar-refractivity contribution < 1.29 is 64.0 Å². The fraction of sp³-hybridized carbons (Fsp3) is 0.400. The maximum absolute atomic E-state index is 14.9. The molecule has 5 aliphatic rings. The molecule has 7 atom stereocenters. The van der Waals surface area contributed by atoms with Gasteiger partial charge in [0, 0.05) is 79.3 Å². The van der Waals surface area contributed by atoms with E-state index >= 15 is 0 Å². The summed E-state index contributed by atoms with van der Waals surface area (Å²) in [6.45, 7) is 0.0480. The normalized spacial score (nSPS) is 26.5. The molecule has 0 radical (unpaired) electrons. The number of aryl methyl sites for hydroxylation is 1. The number of ether oxygens (including phenoxy) is 3. The second kappa shape index (κ2) is 18.7. The largest absolute Gasteiger partial charge is 0.507 e. The first-order chi connectivity index (χ1) is 31.4. The average molecular weight is 915 g/mol. The predicted molar refractivity (Wildman–Crippen MR) is 235 cm³/mol. The Morgan fingerprint density at radius 1 is 1.05 bits per heavy atom. The van der Waals surface area contributed by atoms with Crippen molar-refractivity contribution in [1.82, 2.24) is 20.9 Å².